The fourth-order valence-electron chi connectivity index (χ4n) is 3.40. The minimum atomic E-state index is -0.466. The summed E-state index contributed by atoms with van der Waals surface area (Å²) >= 11 is 1.68. The maximum absolute atomic E-state index is 13.3. The molecule has 0 radical (unpaired) electrons. The Morgan fingerprint density at radius 2 is 1.71 bits per heavy atom. The number of hydrogen-bond donors (Lipinski definition) is 1. The summed E-state index contributed by atoms with van der Waals surface area (Å²) in [4.78, 5) is 29.2. The third kappa shape index (κ3) is 8.06. The van der Waals surface area contributed by atoms with Crippen LogP contribution in [0, 0.1) is 13.8 Å². The molecule has 0 spiro atoms. The van der Waals surface area contributed by atoms with Crippen LogP contribution in [0.15, 0.2) is 53.4 Å². The van der Waals surface area contributed by atoms with Crippen molar-refractivity contribution in [1.29, 1.82) is 0 Å². The molecule has 0 saturated heterocycles. The lowest BCUT2D eigenvalue weighted by atomic mass is 10.1. The number of benzene rings is 2. The van der Waals surface area contributed by atoms with Gasteiger partial charge in [-0.25, -0.2) is 0 Å². The van der Waals surface area contributed by atoms with Gasteiger partial charge >= 0.3 is 0 Å². The lowest BCUT2D eigenvalue weighted by molar-refractivity contribution is -0.141. The number of aryl methyl sites for hydroxylation is 2. The van der Waals surface area contributed by atoms with Crippen molar-refractivity contribution in [2.45, 2.75) is 77.4 Å². The Morgan fingerprint density at radius 1 is 1.00 bits per heavy atom. The zero-order valence-electron chi connectivity index (χ0n) is 19.5. The van der Waals surface area contributed by atoms with Gasteiger partial charge in [-0.15, -0.1) is 11.8 Å². The number of rotatable bonds is 11. The predicted octanol–water partition coefficient (Wildman–Crippen LogP) is 5.51. The summed E-state index contributed by atoms with van der Waals surface area (Å²) in [5.41, 5.74) is 3.43. The molecule has 0 aliphatic heterocycles. The van der Waals surface area contributed by atoms with E-state index in [-0.39, 0.29) is 17.9 Å². The van der Waals surface area contributed by atoms with Crippen LogP contribution in [0.4, 0.5) is 0 Å². The van der Waals surface area contributed by atoms with Gasteiger partial charge in [-0.05, 0) is 51.3 Å². The molecule has 5 heteroatoms. The molecule has 0 aromatic heterocycles. The van der Waals surface area contributed by atoms with Gasteiger partial charge in [0.2, 0.25) is 11.8 Å². The van der Waals surface area contributed by atoms with Gasteiger partial charge in [-0.1, -0.05) is 61.4 Å². The van der Waals surface area contributed by atoms with E-state index in [1.54, 1.807) is 16.7 Å². The normalized spacial score (nSPS) is 12.8. The van der Waals surface area contributed by atoms with Crippen molar-refractivity contribution in [2.75, 3.05) is 5.75 Å². The number of nitrogens with one attached hydrogen (secondary N) is 1. The summed E-state index contributed by atoms with van der Waals surface area (Å²) in [5, 5.41) is 3.06. The maximum atomic E-state index is 13.3. The van der Waals surface area contributed by atoms with Crippen LogP contribution >= 0.6 is 11.8 Å². The summed E-state index contributed by atoms with van der Waals surface area (Å²) in [5.74, 6) is 0.645. The second kappa shape index (κ2) is 12.6. The van der Waals surface area contributed by atoms with Crippen molar-refractivity contribution >= 4 is 23.6 Å². The van der Waals surface area contributed by atoms with E-state index in [4.69, 9.17) is 0 Å². The first-order chi connectivity index (χ1) is 14.8. The van der Waals surface area contributed by atoms with Crippen molar-refractivity contribution in [3.8, 4) is 0 Å². The Kier molecular flexibility index (Phi) is 10.1. The Balaban J connectivity index is 2.13. The molecular weight excluding hydrogens is 404 g/mol. The molecule has 168 valence electrons. The summed E-state index contributed by atoms with van der Waals surface area (Å²) < 4.78 is 0. The molecule has 0 saturated carbocycles. The highest BCUT2D eigenvalue weighted by atomic mass is 32.2. The van der Waals surface area contributed by atoms with Crippen LogP contribution in [0.5, 0.6) is 0 Å². The van der Waals surface area contributed by atoms with Crippen molar-refractivity contribution in [3.05, 3.63) is 65.2 Å². The number of hydrogen-bond acceptors (Lipinski definition) is 3. The minimum Gasteiger partial charge on any atom is -0.352 e. The second-order valence-electron chi connectivity index (χ2n) is 8.16. The third-order valence-corrected chi connectivity index (χ3v) is 6.44. The second-order valence-corrected chi connectivity index (χ2v) is 9.33. The van der Waals surface area contributed by atoms with Crippen molar-refractivity contribution in [1.82, 2.24) is 10.2 Å². The van der Waals surface area contributed by atoms with Gasteiger partial charge in [0, 0.05) is 29.7 Å². The van der Waals surface area contributed by atoms with Crippen LogP contribution in [0.25, 0.3) is 0 Å². The van der Waals surface area contributed by atoms with E-state index in [0.29, 0.717) is 25.1 Å². The summed E-state index contributed by atoms with van der Waals surface area (Å²) in [7, 11) is 0. The number of amides is 2. The van der Waals surface area contributed by atoms with Gasteiger partial charge in [-0.2, -0.15) is 0 Å². The molecule has 0 fully saturated rings. The van der Waals surface area contributed by atoms with Crippen LogP contribution in [0.2, 0.25) is 0 Å². The highest BCUT2D eigenvalue weighted by Gasteiger charge is 2.29. The Morgan fingerprint density at radius 3 is 2.32 bits per heavy atom. The molecular formula is C26H36N2O2S. The Labute approximate surface area is 191 Å². The first-order valence-electron chi connectivity index (χ1n) is 11.2. The third-order valence-electron chi connectivity index (χ3n) is 5.43. The van der Waals surface area contributed by atoms with E-state index >= 15 is 0 Å². The molecule has 0 unspecified atom stereocenters. The van der Waals surface area contributed by atoms with E-state index in [1.807, 2.05) is 45.9 Å². The number of carbonyl (C=O) groups excluding carboxylic acids is 2. The van der Waals surface area contributed by atoms with Gasteiger partial charge in [0.25, 0.3) is 0 Å². The van der Waals surface area contributed by atoms with Crippen LogP contribution in [-0.4, -0.2) is 34.6 Å². The zero-order chi connectivity index (χ0) is 22.8. The minimum absolute atomic E-state index is 0.0206. The predicted molar refractivity (Wildman–Crippen MR) is 130 cm³/mol. The average molecular weight is 441 g/mol. The highest BCUT2D eigenvalue weighted by Crippen LogP contribution is 2.21. The molecule has 2 rings (SSSR count). The zero-order valence-corrected chi connectivity index (χ0v) is 20.3. The fraction of sp³-hybridized carbons (Fsp3) is 0.462. The first-order valence-corrected chi connectivity index (χ1v) is 12.2. The van der Waals surface area contributed by atoms with E-state index in [1.165, 1.54) is 5.56 Å². The van der Waals surface area contributed by atoms with Crippen molar-refractivity contribution in [2.24, 2.45) is 0 Å². The molecule has 2 atom stereocenters. The standard InChI is InChI=1S/C26H36N2O2S/c1-6-21(5)27-26(30)24(7-2)28(18-22-10-8-9-20(4)17-22)25(29)15-16-31-23-13-11-19(3)12-14-23/h8-14,17,21,24H,6-7,15-16,18H2,1-5H3,(H,27,30)/t21-,24-/m0/s1. The topological polar surface area (TPSA) is 49.4 Å². The molecule has 2 aromatic rings. The monoisotopic (exact) mass is 440 g/mol. The molecule has 0 aliphatic carbocycles. The van der Waals surface area contributed by atoms with Crippen molar-refractivity contribution in [3.63, 3.8) is 0 Å². The SMILES string of the molecule is CC[C@H](C)NC(=O)[C@H](CC)N(Cc1cccc(C)c1)C(=O)CCSc1ccc(C)cc1. The van der Waals surface area contributed by atoms with E-state index < -0.39 is 6.04 Å². The number of carbonyl (C=O) groups is 2. The van der Waals surface area contributed by atoms with Crippen LogP contribution in [-0.2, 0) is 16.1 Å². The van der Waals surface area contributed by atoms with Crippen LogP contribution in [0.3, 0.4) is 0 Å². The van der Waals surface area contributed by atoms with E-state index in [0.717, 1.165) is 22.4 Å². The van der Waals surface area contributed by atoms with Crippen LogP contribution < -0.4 is 5.32 Å². The maximum Gasteiger partial charge on any atom is 0.243 e. The van der Waals surface area contributed by atoms with E-state index in [2.05, 4.69) is 42.6 Å². The van der Waals surface area contributed by atoms with E-state index in [9.17, 15) is 9.59 Å². The van der Waals surface area contributed by atoms with Crippen molar-refractivity contribution < 1.29 is 9.59 Å². The smallest absolute Gasteiger partial charge is 0.243 e. The number of nitrogens with zero attached hydrogens (tertiary/aromatic N) is 1. The number of thioether (sulfide) groups is 1. The summed E-state index contributed by atoms with van der Waals surface area (Å²) in [6.07, 6.45) is 1.85. The largest absolute Gasteiger partial charge is 0.352 e. The first kappa shape index (κ1) is 25.0. The molecule has 2 amide bonds. The quantitative estimate of drug-likeness (QED) is 0.469. The molecule has 1 N–H and O–H groups in total. The molecule has 0 aliphatic rings. The van der Waals surface area contributed by atoms with Gasteiger partial charge in [0.15, 0.2) is 0 Å². The lowest BCUT2D eigenvalue weighted by Gasteiger charge is -2.31. The summed E-state index contributed by atoms with van der Waals surface area (Å²) in [6.45, 7) is 10.6. The Bertz CT molecular complexity index is 851. The van der Waals surface area contributed by atoms with Gasteiger partial charge in [0.05, 0.1) is 0 Å². The lowest BCUT2D eigenvalue weighted by Crippen LogP contribution is -2.50. The van der Waals surface area contributed by atoms with Crippen LogP contribution in [0.1, 0.15) is 56.7 Å². The average Bonchev–Trinajstić information content (AvgIpc) is 2.74. The van der Waals surface area contributed by atoms with Gasteiger partial charge in [0.1, 0.15) is 6.04 Å². The molecule has 4 nitrogen and oxygen atoms in total. The molecule has 0 heterocycles. The Hall–Kier alpha value is -2.27. The van der Waals surface area contributed by atoms with Gasteiger partial charge in [-0.3, -0.25) is 9.59 Å². The summed E-state index contributed by atoms with van der Waals surface area (Å²) in [6, 6.07) is 16.1. The van der Waals surface area contributed by atoms with Gasteiger partial charge < -0.3 is 10.2 Å². The molecule has 2 aromatic carbocycles. The fourth-order valence-corrected chi connectivity index (χ4v) is 4.24. The molecule has 31 heavy (non-hydrogen) atoms. The highest BCUT2D eigenvalue weighted by molar-refractivity contribution is 7.99. The molecule has 0 bridgehead atoms.